The molecular formula is C12H21N3O3S. The van der Waals surface area contributed by atoms with Crippen molar-refractivity contribution in [1.29, 1.82) is 0 Å². The second-order valence-electron chi connectivity index (χ2n) is 4.90. The summed E-state index contributed by atoms with van der Waals surface area (Å²) in [7, 11) is -1.47. The zero-order chi connectivity index (χ0) is 14.0. The monoisotopic (exact) mass is 287 g/mol. The molecule has 1 aliphatic rings. The molecule has 0 amide bonds. The number of rotatable bonds is 3. The minimum absolute atomic E-state index is 0.207. The quantitative estimate of drug-likeness (QED) is 0.869. The van der Waals surface area contributed by atoms with Gasteiger partial charge in [0.15, 0.2) is 0 Å². The third-order valence-corrected chi connectivity index (χ3v) is 5.43. The summed E-state index contributed by atoms with van der Waals surface area (Å²) < 4.78 is 32.1. The summed E-state index contributed by atoms with van der Waals surface area (Å²) in [6, 6.07) is 1.54. The number of sulfonamides is 1. The normalized spacial score (nSPS) is 19.5. The molecule has 1 aromatic heterocycles. The van der Waals surface area contributed by atoms with Gasteiger partial charge in [-0.2, -0.15) is 4.31 Å². The molecule has 0 aliphatic carbocycles. The van der Waals surface area contributed by atoms with E-state index in [9.17, 15) is 8.42 Å². The molecule has 0 unspecified atom stereocenters. The van der Waals surface area contributed by atoms with Crippen LogP contribution in [0.3, 0.4) is 0 Å². The van der Waals surface area contributed by atoms with Gasteiger partial charge in [-0.3, -0.25) is 0 Å². The molecule has 0 bridgehead atoms. The van der Waals surface area contributed by atoms with E-state index in [0.717, 1.165) is 19.5 Å². The molecule has 2 rings (SSSR count). The first-order chi connectivity index (χ1) is 8.95. The average molecular weight is 287 g/mol. The minimum atomic E-state index is -3.47. The lowest BCUT2D eigenvalue weighted by Gasteiger charge is -2.19. The Labute approximate surface area is 114 Å². The van der Waals surface area contributed by atoms with Crippen LogP contribution in [0.25, 0.3) is 0 Å². The summed E-state index contributed by atoms with van der Waals surface area (Å²) in [5, 5.41) is 0. The zero-order valence-electron chi connectivity index (χ0n) is 11.4. The summed E-state index contributed by atoms with van der Waals surface area (Å²) in [6.45, 7) is 4.61. The summed E-state index contributed by atoms with van der Waals surface area (Å²) in [5.41, 5.74) is 5.49. The standard InChI is InChI=1S/C12H21N3O3S/c1-10-12(8-11(9-13)18-10)19(16,17)15-5-3-4-14(2)6-7-15/h8H,3-7,9,13H2,1-2H3. The van der Waals surface area contributed by atoms with E-state index in [0.29, 0.717) is 24.6 Å². The van der Waals surface area contributed by atoms with E-state index in [2.05, 4.69) is 4.90 Å². The van der Waals surface area contributed by atoms with E-state index in [-0.39, 0.29) is 11.4 Å². The SMILES string of the molecule is Cc1oc(CN)cc1S(=O)(=O)N1CCCN(C)CC1. The van der Waals surface area contributed by atoms with Crippen molar-refractivity contribution in [2.24, 2.45) is 5.73 Å². The van der Waals surface area contributed by atoms with Gasteiger partial charge < -0.3 is 15.1 Å². The van der Waals surface area contributed by atoms with Gasteiger partial charge in [-0.1, -0.05) is 0 Å². The number of nitrogens with zero attached hydrogens (tertiary/aromatic N) is 2. The fourth-order valence-corrected chi connectivity index (χ4v) is 3.94. The molecular weight excluding hydrogens is 266 g/mol. The Hall–Kier alpha value is -0.890. The molecule has 1 aliphatic heterocycles. The van der Waals surface area contributed by atoms with Crippen molar-refractivity contribution < 1.29 is 12.8 Å². The summed E-state index contributed by atoms with van der Waals surface area (Å²) in [6.07, 6.45) is 0.844. The Kier molecular flexibility index (Phi) is 4.29. The molecule has 19 heavy (non-hydrogen) atoms. The Morgan fingerprint density at radius 1 is 1.32 bits per heavy atom. The van der Waals surface area contributed by atoms with Crippen molar-refractivity contribution in [1.82, 2.24) is 9.21 Å². The molecule has 0 atom stereocenters. The van der Waals surface area contributed by atoms with Crippen LogP contribution in [0.2, 0.25) is 0 Å². The zero-order valence-corrected chi connectivity index (χ0v) is 12.2. The van der Waals surface area contributed by atoms with Gasteiger partial charge in [-0.15, -0.1) is 0 Å². The fraction of sp³-hybridized carbons (Fsp3) is 0.667. The van der Waals surface area contributed by atoms with E-state index in [1.807, 2.05) is 7.05 Å². The Bertz CT molecular complexity index is 538. The smallest absolute Gasteiger partial charge is 0.246 e. The van der Waals surface area contributed by atoms with Crippen molar-refractivity contribution in [3.63, 3.8) is 0 Å². The fourth-order valence-electron chi connectivity index (χ4n) is 2.28. The molecule has 1 saturated heterocycles. The number of hydrogen-bond donors (Lipinski definition) is 1. The molecule has 1 aromatic rings. The third-order valence-electron chi connectivity index (χ3n) is 3.42. The van der Waals surface area contributed by atoms with Crippen molar-refractivity contribution in [3.05, 3.63) is 17.6 Å². The Morgan fingerprint density at radius 2 is 2.05 bits per heavy atom. The first kappa shape index (κ1) is 14.5. The molecule has 6 nitrogen and oxygen atoms in total. The molecule has 2 N–H and O–H groups in total. The molecule has 7 heteroatoms. The molecule has 0 spiro atoms. The van der Waals surface area contributed by atoms with Crippen LogP contribution in [0, 0.1) is 6.92 Å². The van der Waals surface area contributed by atoms with Crippen LogP contribution < -0.4 is 5.73 Å². The van der Waals surface area contributed by atoms with E-state index in [1.54, 1.807) is 13.0 Å². The van der Waals surface area contributed by atoms with Gasteiger partial charge in [0, 0.05) is 25.7 Å². The maximum atomic E-state index is 12.6. The number of aryl methyl sites for hydroxylation is 1. The molecule has 1 fully saturated rings. The minimum Gasteiger partial charge on any atom is -0.464 e. The third kappa shape index (κ3) is 3.00. The molecule has 108 valence electrons. The Balaban J connectivity index is 2.28. The van der Waals surface area contributed by atoms with E-state index in [1.165, 1.54) is 4.31 Å². The van der Waals surface area contributed by atoms with Gasteiger partial charge in [0.1, 0.15) is 16.4 Å². The predicted octanol–water partition coefficient (Wildman–Crippen LogP) is 0.373. The van der Waals surface area contributed by atoms with Crippen molar-refractivity contribution in [3.8, 4) is 0 Å². The van der Waals surface area contributed by atoms with Gasteiger partial charge in [0.2, 0.25) is 10.0 Å². The summed E-state index contributed by atoms with van der Waals surface area (Å²) >= 11 is 0. The maximum Gasteiger partial charge on any atom is 0.246 e. The average Bonchev–Trinajstić information content (AvgIpc) is 2.60. The van der Waals surface area contributed by atoms with Crippen molar-refractivity contribution in [2.75, 3.05) is 33.2 Å². The van der Waals surface area contributed by atoms with Crippen LogP contribution in [-0.4, -0.2) is 50.8 Å². The number of furan rings is 1. The molecule has 0 aromatic carbocycles. The second-order valence-corrected chi connectivity index (χ2v) is 6.80. The highest BCUT2D eigenvalue weighted by Gasteiger charge is 2.29. The van der Waals surface area contributed by atoms with Crippen LogP contribution in [0.15, 0.2) is 15.4 Å². The van der Waals surface area contributed by atoms with E-state index >= 15 is 0 Å². The van der Waals surface area contributed by atoms with E-state index in [4.69, 9.17) is 10.2 Å². The summed E-state index contributed by atoms with van der Waals surface area (Å²) in [4.78, 5) is 2.39. The highest BCUT2D eigenvalue weighted by molar-refractivity contribution is 7.89. The molecule has 2 heterocycles. The lowest BCUT2D eigenvalue weighted by molar-refractivity contribution is 0.347. The lowest BCUT2D eigenvalue weighted by Crippen LogP contribution is -2.34. The largest absolute Gasteiger partial charge is 0.464 e. The topological polar surface area (TPSA) is 79.8 Å². The first-order valence-electron chi connectivity index (χ1n) is 6.43. The lowest BCUT2D eigenvalue weighted by atomic mass is 10.4. The van der Waals surface area contributed by atoms with Gasteiger partial charge >= 0.3 is 0 Å². The van der Waals surface area contributed by atoms with E-state index < -0.39 is 10.0 Å². The highest BCUT2D eigenvalue weighted by Crippen LogP contribution is 2.24. The number of nitrogens with two attached hydrogens (primary N) is 1. The van der Waals surface area contributed by atoms with Gasteiger partial charge in [0.05, 0.1) is 6.54 Å². The predicted molar refractivity (Wildman–Crippen MR) is 72.2 cm³/mol. The van der Waals surface area contributed by atoms with Crippen LogP contribution >= 0.6 is 0 Å². The first-order valence-corrected chi connectivity index (χ1v) is 7.87. The van der Waals surface area contributed by atoms with Crippen LogP contribution in [0.5, 0.6) is 0 Å². The second kappa shape index (κ2) is 5.62. The highest BCUT2D eigenvalue weighted by atomic mass is 32.2. The van der Waals surface area contributed by atoms with Crippen LogP contribution in [-0.2, 0) is 16.6 Å². The van der Waals surface area contributed by atoms with Gasteiger partial charge in [0.25, 0.3) is 0 Å². The van der Waals surface area contributed by atoms with Crippen LogP contribution in [0.4, 0.5) is 0 Å². The molecule has 0 saturated carbocycles. The van der Waals surface area contributed by atoms with Crippen molar-refractivity contribution >= 4 is 10.0 Å². The Morgan fingerprint density at radius 3 is 2.68 bits per heavy atom. The van der Waals surface area contributed by atoms with Gasteiger partial charge in [-0.25, -0.2) is 8.42 Å². The maximum absolute atomic E-state index is 12.6. The molecule has 0 radical (unpaired) electrons. The number of likely N-dealkylation sites (N-methyl/N-ethyl adjacent to an activating group) is 1. The number of hydrogen-bond acceptors (Lipinski definition) is 5. The van der Waals surface area contributed by atoms with Gasteiger partial charge in [-0.05, 0) is 26.9 Å². The van der Waals surface area contributed by atoms with Crippen molar-refractivity contribution in [2.45, 2.75) is 24.8 Å². The van der Waals surface area contributed by atoms with Crippen LogP contribution in [0.1, 0.15) is 17.9 Å². The summed E-state index contributed by atoms with van der Waals surface area (Å²) in [5.74, 6) is 0.918.